The first kappa shape index (κ1) is 10.7. The molecule has 0 spiro atoms. The molecule has 2 nitrogen and oxygen atoms in total. The van der Waals surface area contributed by atoms with Crippen LogP contribution in [0, 0.1) is 17.3 Å². The Balaban J connectivity index is 1.98. The minimum absolute atomic E-state index is 0.0474. The summed E-state index contributed by atoms with van der Waals surface area (Å²) in [7, 11) is 0. The quantitative estimate of drug-likeness (QED) is 0.703. The highest BCUT2D eigenvalue weighted by Gasteiger charge is 2.77. The van der Waals surface area contributed by atoms with E-state index < -0.39 is 0 Å². The number of fused-ring (bicyclic) bond motifs is 5. The maximum Gasteiger partial charge on any atom is 0.117 e. The molecule has 0 saturated heterocycles. The average Bonchev–Trinajstić information content (AvgIpc) is 2.55. The fourth-order valence-electron chi connectivity index (χ4n) is 4.89. The first-order chi connectivity index (χ1) is 8.54. The molecular formula is C16H20N2. The van der Waals surface area contributed by atoms with Crippen LogP contribution in [-0.4, -0.2) is 5.54 Å². The number of benzene rings is 1. The molecule has 4 rings (SSSR count). The molecule has 2 aliphatic carbocycles. The van der Waals surface area contributed by atoms with Crippen molar-refractivity contribution in [3.05, 3.63) is 35.9 Å². The number of nitrogens with zero attached hydrogens (tertiary/aromatic N) is 2. The third kappa shape index (κ3) is 0.818. The monoisotopic (exact) mass is 240 g/mol. The Bertz CT molecular complexity index is 533. The number of hydrogen-bond acceptors (Lipinski definition) is 2. The molecule has 3 aliphatic rings. The van der Waals surface area contributed by atoms with Crippen LogP contribution in [0.4, 0.5) is 0 Å². The SMILES string of the molecule is CC1(C)[C@]2(C)N=N[C@@]1(c1ccccc1)[C@H]1CC[C@@H]12. The smallest absolute Gasteiger partial charge is 0.117 e. The molecule has 2 saturated carbocycles. The van der Waals surface area contributed by atoms with E-state index in [0.29, 0.717) is 5.92 Å². The topological polar surface area (TPSA) is 24.7 Å². The summed E-state index contributed by atoms with van der Waals surface area (Å²) in [4.78, 5) is 0. The van der Waals surface area contributed by atoms with Crippen LogP contribution < -0.4 is 0 Å². The van der Waals surface area contributed by atoms with Crippen molar-refractivity contribution in [3.63, 3.8) is 0 Å². The first-order valence-electron chi connectivity index (χ1n) is 7.04. The minimum Gasteiger partial charge on any atom is -0.186 e. The van der Waals surface area contributed by atoms with E-state index in [1.54, 1.807) is 0 Å². The molecule has 2 fully saturated rings. The van der Waals surface area contributed by atoms with E-state index in [0.717, 1.165) is 5.92 Å². The van der Waals surface area contributed by atoms with Gasteiger partial charge in [-0.15, -0.1) is 0 Å². The Kier molecular flexibility index (Phi) is 1.71. The van der Waals surface area contributed by atoms with Crippen LogP contribution in [0.2, 0.25) is 0 Å². The molecule has 0 amide bonds. The van der Waals surface area contributed by atoms with Gasteiger partial charge in [-0.05, 0) is 37.2 Å². The zero-order valence-corrected chi connectivity index (χ0v) is 11.4. The Morgan fingerprint density at radius 3 is 2.17 bits per heavy atom. The van der Waals surface area contributed by atoms with E-state index in [-0.39, 0.29) is 16.5 Å². The molecule has 2 bridgehead atoms. The summed E-state index contributed by atoms with van der Waals surface area (Å²) < 4.78 is 0. The Morgan fingerprint density at radius 1 is 0.944 bits per heavy atom. The van der Waals surface area contributed by atoms with E-state index >= 15 is 0 Å². The number of rotatable bonds is 1. The molecule has 1 aromatic rings. The molecule has 18 heavy (non-hydrogen) atoms. The second kappa shape index (κ2) is 2.87. The summed E-state index contributed by atoms with van der Waals surface area (Å²) in [6.45, 7) is 7.07. The zero-order chi connectivity index (χ0) is 12.6. The van der Waals surface area contributed by atoms with Crippen LogP contribution in [0.15, 0.2) is 40.6 Å². The van der Waals surface area contributed by atoms with Gasteiger partial charge in [0.15, 0.2) is 0 Å². The van der Waals surface area contributed by atoms with E-state index in [9.17, 15) is 0 Å². The molecule has 1 heterocycles. The standard InChI is InChI=1S/C16H20N2/c1-14(2)15(3)12-9-10-13(12)16(14,18-17-15)11-7-5-4-6-8-11/h4-8,12-13H,9-10H2,1-3H3/t12-,13-,15+,16-/m0/s1. The van der Waals surface area contributed by atoms with Crippen LogP contribution in [-0.2, 0) is 5.54 Å². The second-order valence-electron chi connectivity index (χ2n) is 6.90. The lowest BCUT2D eigenvalue weighted by atomic mass is 9.63. The van der Waals surface area contributed by atoms with Crippen molar-refractivity contribution >= 4 is 0 Å². The Labute approximate surface area is 109 Å². The largest absolute Gasteiger partial charge is 0.186 e. The van der Waals surface area contributed by atoms with Gasteiger partial charge in [0.2, 0.25) is 0 Å². The summed E-state index contributed by atoms with van der Waals surface area (Å²) in [6.07, 6.45) is 2.65. The van der Waals surface area contributed by atoms with Crippen molar-refractivity contribution < 1.29 is 0 Å². The van der Waals surface area contributed by atoms with Gasteiger partial charge < -0.3 is 0 Å². The first-order valence-corrected chi connectivity index (χ1v) is 7.04. The number of azo groups is 1. The molecule has 0 N–H and O–H groups in total. The molecule has 94 valence electrons. The molecule has 0 aromatic heterocycles. The van der Waals surface area contributed by atoms with Gasteiger partial charge in [0.25, 0.3) is 0 Å². The van der Waals surface area contributed by atoms with Crippen LogP contribution in [0.5, 0.6) is 0 Å². The summed E-state index contributed by atoms with van der Waals surface area (Å²) in [5.74, 6) is 1.45. The maximum atomic E-state index is 4.84. The van der Waals surface area contributed by atoms with Gasteiger partial charge in [0.1, 0.15) is 5.54 Å². The molecule has 2 heteroatoms. The van der Waals surface area contributed by atoms with Gasteiger partial charge in [0, 0.05) is 5.41 Å². The lowest BCUT2D eigenvalue weighted by Gasteiger charge is -2.44. The van der Waals surface area contributed by atoms with Gasteiger partial charge in [-0.25, -0.2) is 0 Å². The van der Waals surface area contributed by atoms with Crippen molar-refractivity contribution in [2.24, 2.45) is 27.5 Å². The predicted octanol–water partition coefficient (Wildman–Crippen LogP) is 4.17. The lowest BCUT2D eigenvalue weighted by Crippen LogP contribution is -2.43. The highest BCUT2D eigenvalue weighted by molar-refractivity contribution is 5.40. The number of hydrogen-bond donors (Lipinski definition) is 0. The molecule has 1 aromatic carbocycles. The van der Waals surface area contributed by atoms with Crippen LogP contribution in [0.1, 0.15) is 39.2 Å². The lowest BCUT2D eigenvalue weighted by molar-refractivity contribution is 0.0904. The molecular weight excluding hydrogens is 220 g/mol. The van der Waals surface area contributed by atoms with E-state index in [1.807, 2.05) is 0 Å². The molecule has 1 aliphatic heterocycles. The second-order valence-corrected chi connectivity index (χ2v) is 6.90. The fourth-order valence-corrected chi connectivity index (χ4v) is 4.89. The minimum atomic E-state index is -0.0636. The normalized spacial score (nSPS) is 46.8. The average molecular weight is 240 g/mol. The van der Waals surface area contributed by atoms with Gasteiger partial charge in [-0.2, -0.15) is 10.2 Å². The van der Waals surface area contributed by atoms with Crippen molar-refractivity contribution in [2.75, 3.05) is 0 Å². The fraction of sp³-hybridized carbons (Fsp3) is 0.625. The van der Waals surface area contributed by atoms with Gasteiger partial charge in [-0.1, -0.05) is 44.2 Å². The third-order valence-corrected chi connectivity index (χ3v) is 6.38. The third-order valence-electron chi connectivity index (χ3n) is 6.38. The van der Waals surface area contributed by atoms with Crippen molar-refractivity contribution in [2.45, 2.75) is 44.7 Å². The van der Waals surface area contributed by atoms with Crippen LogP contribution in [0.3, 0.4) is 0 Å². The maximum absolute atomic E-state index is 4.84. The summed E-state index contributed by atoms with van der Waals surface area (Å²) >= 11 is 0. The summed E-state index contributed by atoms with van der Waals surface area (Å²) in [5, 5.41) is 9.58. The van der Waals surface area contributed by atoms with Crippen molar-refractivity contribution in [3.8, 4) is 0 Å². The van der Waals surface area contributed by atoms with Gasteiger partial charge in [-0.3, -0.25) is 0 Å². The highest BCUT2D eigenvalue weighted by Crippen LogP contribution is 2.75. The highest BCUT2D eigenvalue weighted by atomic mass is 15.3. The van der Waals surface area contributed by atoms with E-state index in [1.165, 1.54) is 18.4 Å². The van der Waals surface area contributed by atoms with E-state index in [2.05, 4.69) is 51.1 Å². The summed E-state index contributed by atoms with van der Waals surface area (Å²) in [5.41, 5.74) is 1.49. The molecule has 0 radical (unpaired) electrons. The molecule has 4 atom stereocenters. The summed E-state index contributed by atoms with van der Waals surface area (Å²) in [6, 6.07) is 10.8. The molecule has 0 unspecified atom stereocenters. The zero-order valence-electron chi connectivity index (χ0n) is 11.4. The van der Waals surface area contributed by atoms with Crippen LogP contribution in [0.25, 0.3) is 0 Å². The van der Waals surface area contributed by atoms with E-state index in [4.69, 9.17) is 10.2 Å². The van der Waals surface area contributed by atoms with Crippen molar-refractivity contribution in [1.82, 2.24) is 0 Å². The predicted molar refractivity (Wildman–Crippen MR) is 71.4 cm³/mol. The van der Waals surface area contributed by atoms with Crippen LogP contribution >= 0.6 is 0 Å². The van der Waals surface area contributed by atoms with Gasteiger partial charge in [0.05, 0.1) is 5.54 Å². The Hall–Kier alpha value is -1.18. The van der Waals surface area contributed by atoms with Crippen molar-refractivity contribution in [1.29, 1.82) is 0 Å². The Morgan fingerprint density at radius 2 is 1.61 bits per heavy atom. The van der Waals surface area contributed by atoms with Gasteiger partial charge >= 0.3 is 0 Å².